The van der Waals surface area contributed by atoms with Gasteiger partial charge in [0.1, 0.15) is 19.0 Å². The van der Waals surface area contributed by atoms with Gasteiger partial charge in [0.15, 0.2) is 0 Å². The standard InChI is InChI=1S/C24H24N4O5S/c1-14-3-7-16(8-4-14)21(29)32-12-19-18(33-22(30)17-9-5-15(2)6-10-17)11-20(34-19)28-13-26-23(25)27-24(28)31/h3-10,13,18-20H,11-12H2,1-2H3,(H2,25,27,31)/t18-,19+,20+/m0/s1. The van der Waals surface area contributed by atoms with Gasteiger partial charge in [0, 0.05) is 6.42 Å². The van der Waals surface area contributed by atoms with Gasteiger partial charge in [-0.25, -0.2) is 19.4 Å². The first-order valence-electron chi connectivity index (χ1n) is 10.7. The van der Waals surface area contributed by atoms with Crippen LogP contribution in [0.4, 0.5) is 5.95 Å². The smallest absolute Gasteiger partial charge is 0.353 e. The van der Waals surface area contributed by atoms with Crippen LogP contribution >= 0.6 is 11.8 Å². The summed E-state index contributed by atoms with van der Waals surface area (Å²) < 4.78 is 12.7. The molecule has 0 aliphatic carbocycles. The van der Waals surface area contributed by atoms with Crippen LogP contribution in [-0.4, -0.2) is 44.4 Å². The Morgan fingerprint density at radius 3 is 2.21 bits per heavy atom. The number of carbonyl (C=O) groups excluding carboxylic acids is 2. The number of nitrogens with two attached hydrogens (primary N) is 1. The maximum Gasteiger partial charge on any atom is 0.353 e. The van der Waals surface area contributed by atoms with Crippen LogP contribution in [0.2, 0.25) is 0 Å². The van der Waals surface area contributed by atoms with Crippen molar-refractivity contribution in [2.24, 2.45) is 0 Å². The lowest BCUT2D eigenvalue weighted by molar-refractivity contribution is 0.0204. The molecule has 1 saturated heterocycles. The number of aryl methyl sites for hydroxylation is 2. The number of thioether (sulfide) groups is 1. The summed E-state index contributed by atoms with van der Waals surface area (Å²) in [7, 11) is 0. The van der Waals surface area contributed by atoms with Gasteiger partial charge in [-0.15, -0.1) is 11.8 Å². The van der Waals surface area contributed by atoms with Crippen LogP contribution in [0.25, 0.3) is 0 Å². The molecule has 0 bridgehead atoms. The third-order valence-electron chi connectivity index (χ3n) is 5.45. The van der Waals surface area contributed by atoms with E-state index in [1.165, 1.54) is 22.7 Å². The Hall–Kier alpha value is -3.66. The molecule has 3 atom stereocenters. The molecule has 2 N–H and O–H groups in total. The Labute approximate surface area is 200 Å². The van der Waals surface area contributed by atoms with Gasteiger partial charge in [-0.3, -0.25) is 4.57 Å². The van der Waals surface area contributed by atoms with Crippen molar-refractivity contribution < 1.29 is 19.1 Å². The largest absolute Gasteiger partial charge is 0.461 e. The minimum atomic E-state index is -0.598. The van der Waals surface area contributed by atoms with Crippen molar-refractivity contribution in [3.8, 4) is 0 Å². The monoisotopic (exact) mass is 480 g/mol. The van der Waals surface area contributed by atoms with E-state index in [0.717, 1.165) is 11.1 Å². The van der Waals surface area contributed by atoms with E-state index < -0.39 is 34.4 Å². The summed E-state index contributed by atoms with van der Waals surface area (Å²) in [4.78, 5) is 45.2. The van der Waals surface area contributed by atoms with E-state index in [1.54, 1.807) is 24.3 Å². The van der Waals surface area contributed by atoms with E-state index in [-0.39, 0.29) is 12.6 Å². The molecule has 0 radical (unpaired) electrons. The van der Waals surface area contributed by atoms with Gasteiger partial charge in [-0.05, 0) is 38.1 Å². The van der Waals surface area contributed by atoms with Gasteiger partial charge in [-0.2, -0.15) is 4.98 Å². The zero-order valence-corrected chi connectivity index (χ0v) is 19.5. The minimum absolute atomic E-state index is 0.00427. The summed E-state index contributed by atoms with van der Waals surface area (Å²) in [6, 6.07) is 14.1. The van der Waals surface area contributed by atoms with Gasteiger partial charge in [0.05, 0.1) is 21.8 Å². The number of rotatable bonds is 6. The van der Waals surface area contributed by atoms with E-state index in [4.69, 9.17) is 15.2 Å². The number of hydrogen-bond donors (Lipinski definition) is 1. The van der Waals surface area contributed by atoms with Gasteiger partial charge in [-0.1, -0.05) is 35.4 Å². The number of benzene rings is 2. The van der Waals surface area contributed by atoms with Crippen molar-refractivity contribution in [1.82, 2.24) is 14.5 Å². The highest BCUT2D eigenvalue weighted by Crippen LogP contribution is 2.42. The summed E-state index contributed by atoms with van der Waals surface area (Å²) in [6.07, 6.45) is 1.04. The van der Waals surface area contributed by atoms with Crippen LogP contribution in [0.1, 0.15) is 43.6 Å². The highest BCUT2D eigenvalue weighted by Gasteiger charge is 2.40. The van der Waals surface area contributed by atoms with Gasteiger partial charge >= 0.3 is 17.6 Å². The second-order valence-corrected chi connectivity index (χ2v) is 9.47. The quantitative estimate of drug-likeness (QED) is 0.530. The van der Waals surface area contributed by atoms with Crippen LogP contribution in [0.15, 0.2) is 59.7 Å². The van der Waals surface area contributed by atoms with Crippen molar-refractivity contribution >= 4 is 29.6 Å². The van der Waals surface area contributed by atoms with Gasteiger partial charge in [0.2, 0.25) is 5.95 Å². The number of nitrogens with zero attached hydrogens (tertiary/aromatic N) is 3. The summed E-state index contributed by atoms with van der Waals surface area (Å²) in [5, 5.41) is -0.801. The first-order chi connectivity index (χ1) is 16.3. The second-order valence-electron chi connectivity index (χ2n) is 8.04. The minimum Gasteiger partial charge on any atom is -0.461 e. The van der Waals surface area contributed by atoms with Crippen LogP contribution in [-0.2, 0) is 9.47 Å². The molecular formula is C24H24N4O5S. The molecule has 0 spiro atoms. The van der Waals surface area contributed by atoms with E-state index in [1.807, 2.05) is 38.1 Å². The fourth-order valence-electron chi connectivity index (χ4n) is 3.52. The molecule has 4 rings (SSSR count). The van der Waals surface area contributed by atoms with E-state index in [2.05, 4.69) is 9.97 Å². The van der Waals surface area contributed by atoms with Gasteiger partial charge in [0.25, 0.3) is 0 Å². The van der Waals surface area contributed by atoms with Crippen LogP contribution in [0, 0.1) is 13.8 Å². The molecule has 9 nitrogen and oxygen atoms in total. The molecule has 2 aromatic carbocycles. The number of carbonyl (C=O) groups is 2. The SMILES string of the molecule is Cc1ccc(C(=O)OC[C@H]2S[C@@H](n3cnc(N)nc3=O)C[C@@H]2OC(=O)c2ccc(C)cc2)cc1. The summed E-state index contributed by atoms with van der Waals surface area (Å²) in [6.45, 7) is 3.86. The predicted molar refractivity (Wildman–Crippen MR) is 128 cm³/mol. The molecular weight excluding hydrogens is 456 g/mol. The number of hydrogen-bond acceptors (Lipinski definition) is 9. The summed E-state index contributed by atoms with van der Waals surface area (Å²) >= 11 is 1.36. The van der Waals surface area contributed by atoms with Crippen LogP contribution in [0.3, 0.4) is 0 Å². The molecule has 3 aromatic rings. The van der Waals surface area contributed by atoms with Crippen LogP contribution < -0.4 is 11.4 Å². The van der Waals surface area contributed by atoms with Gasteiger partial charge < -0.3 is 15.2 Å². The van der Waals surface area contributed by atoms with Crippen molar-refractivity contribution in [3.63, 3.8) is 0 Å². The Morgan fingerprint density at radius 2 is 1.62 bits per heavy atom. The molecule has 1 fully saturated rings. The van der Waals surface area contributed by atoms with Crippen molar-refractivity contribution in [3.05, 3.63) is 87.6 Å². The molecule has 1 aromatic heterocycles. The third kappa shape index (κ3) is 5.45. The highest BCUT2D eigenvalue weighted by molar-refractivity contribution is 8.00. The maximum absolute atomic E-state index is 12.8. The summed E-state index contributed by atoms with van der Waals surface area (Å²) in [5.74, 6) is -1.07. The first-order valence-corrected chi connectivity index (χ1v) is 11.6. The lowest BCUT2D eigenvalue weighted by Crippen LogP contribution is -2.30. The lowest BCUT2D eigenvalue weighted by atomic mass is 10.1. The number of nitrogen functional groups attached to an aromatic ring is 1. The Balaban J connectivity index is 1.50. The molecule has 1 aliphatic rings. The summed E-state index contributed by atoms with van der Waals surface area (Å²) in [5.41, 5.74) is 7.86. The highest BCUT2D eigenvalue weighted by atomic mass is 32.2. The number of ether oxygens (including phenoxy) is 2. The third-order valence-corrected chi connectivity index (χ3v) is 6.97. The Kier molecular flexibility index (Phi) is 6.97. The Bertz CT molecular complexity index is 1240. The molecule has 34 heavy (non-hydrogen) atoms. The molecule has 0 saturated carbocycles. The molecule has 176 valence electrons. The zero-order valence-electron chi connectivity index (χ0n) is 18.7. The van der Waals surface area contributed by atoms with E-state index in [9.17, 15) is 14.4 Å². The second kappa shape index (κ2) is 10.1. The molecule has 10 heteroatoms. The average molecular weight is 481 g/mol. The van der Waals surface area contributed by atoms with Crippen molar-refractivity contribution in [2.75, 3.05) is 12.3 Å². The lowest BCUT2D eigenvalue weighted by Gasteiger charge is -2.19. The maximum atomic E-state index is 12.8. The van der Waals surface area contributed by atoms with E-state index >= 15 is 0 Å². The molecule has 1 aliphatic heterocycles. The molecule has 2 heterocycles. The predicted octanol–water partition coefficient (Wildman–Crippen LogP) is 2.92. The van der Waals surface area contributed by atoms with Crippen molar-refractivity contribution in [1.29, 1.82) is 0 Å². The van der Waals surface area contributed by atoms with Crippen LogP contribution in [0.5, 0.6) is 0 Å². The number of esters is 2. The fraction of sp³-hybridized carbons (Fsp3) is 0.292. The number of anilines is 1. The molecule has 0 amide bonds. The Morgan fingerprint density at radius 1 is 1.03 bits per heavy atom. The van der Waals surface area contributed by atoms with E-state index in [0.29, 0.717) is 17.5 Å². The number of aromatic nitrogens is 3. The first kappa shape index (κ1) is 23.5. The fourth-order valence-corrected chi connectivity index (χ4v) is 4.99. The normalized spacial score (nSPS) is 19.5. The topological polar surface area (TPSA) is 126 Å². The van der Waals surface area contributed by atoms with Crippen molar-refractivity contribution in [2.45, 2.75) is 37.0 Å². The zero-order chi connectivity index (χ0) is 24.2. The molecule has 0 unspecified atom stereocenters. The average Bonchev–Trinajstić information content (AvgIpc) is 3.20.